The van der Waals surface area contributed by atoms with E-state index >= 15 is 0 Å². The molecule has 0 atom stereocenters. The Balaban J connectivity index is 1.98. The molecule has 0 spiro atoms. The molecule has 1 aromatic heterocycles. The summed E-state index contributed by atoms with van der Waals surface area (Å²) in [6.45, 7) is 4.33. The molecule has 1 N–H and O–H groups in total. The first-order valence-corrected chi connectivity index (χ1v) is 8.93. The normalized spacial score (nSPS) is 11.0. The molecule has 0 aliphatic heterocycles. The third-order valence-electron chi connectivity index (χ3n) is 4.11. The predicted octanol–water partition coefficient (Wildman–Crippen LogP) is 5.68. The molecule has 0 aromatic carbocycles. The van der Waals surface area contributed by atoms with Crippen LogP contribution in [0.1, 0.15) is 88.2 Å². The van der Waals surface area contributed by atoms with E-state index in [0.717, 1.165) is 37.9 Å². The van der Waals surface area contributed by atoms with Gasteiger partial charge in [0, 0.05) is 19.3 Å². The van der Waals surface area contributed by atoms with Crippen LogP contribution in [-0.2, 0) is 17.6 Å². The molecule has 0 aliphatic carbocycles. The molecule has 0 amide bonds. The first-order valence-electron chi connectivity index (χ1n) is 8.93. The SMILES string of the molecule is CCCc1cc(C)c(CCCCCCCCCCC(=O)O)o1. The number of rotatable bonds is 13. The Morgan fingerprint density at radius 2 is 1.59 bits per heavy atom. The van der Waals surface area contributed by atoms with Crippen LogP contribution in [0.3, 0.4) is 0 Å². The lowest BCUT2D eigenvalue weighted by atomic mass is 10.1. The Labute approximate surface area is 135 Å². The Bertz CT molecular complexity index is 420. The molecular formula is C19H32O3. The standard InChI is InChI=1S/C19H32O3/c1-3-12-17-15-16(2)18(22-17)13-10-8-6-4-5-7-9-11-14-19(20)21/h15H,3-14H2,1-2H3,(H,20,21). The average Bonchev–Trinajstić information content (AvgIpc) is 2.81. The van der Waals surface area contributed by atoms with Gasteiger partial charge in [-0.3, -0.25) is 4.79 Å². The number of carboxylic acid groups (broad SMARTS) is 1. The maximum absolute atomic E-state index is 10.4. The molecule has 126 valence electrons. The molecule has 0 aliphatic rings. The summed E-state index contributed by atoms with van der Waals surface area (Å²) < 4.78 is 5.90. The van der Waals surface area contributed by atoms with Crippen LogP contribution in [0.25, 0.3) is 0 Å². The Morgan fingerprint density at radius 1 is 1.00 bits per heavy atom. The summed E-state index contributed by atoms with van der Waals surface area (Å²) in [4.78, 5) is 10.4. The number of aryl methyl sites for hydroxylation is 3. The van der Waals surface area contributed by atoms with Crippen molar-refractivity contribution in [3.8, 4) is 0 Å². The number of aliphatic carboxylic acids is 1. The molecule has 1 heterocycles. The van der Waals surface area contributed by atoms with Gasteiger partial charge in [-0.2, -0.15) is 0 Å². The molecule has 0 saturated heterocycles. The molecule has 3 nitrogen and oxygen atoms in total. The van der Waals surface area contributed by atoms with Crippen molar-refractivity contribution in [2.45, 2.75) is 90.9 Å². The minimum Gasteiger partial charge on any atom is -0.481 e. The van der Waals surface area contributed by atoms with Gasteiger partial charge in [-0.05, 0) is 37.8 Å². The second-order valence-corrected chi connectivity index (χ2v) is 6.29. The van der Waals surface area contributed by atoms with Crippen molar-refractivity contribution in [2.75, 3.05) is 0 Å². The minimum atomic E-state index is -0.671. The first-order chi connectivity index (χ1) is 10.6. The summed E-state index contributed by atoms with van der Waals surface area (Å²) in [5.74, 6) is 1.64. The van der Waals surface area contributed by atoms with Crippen LogP contribution in [0.5, 0.6) is 0 Å². The molecule has 0 bridgehead atoms. The fourth-order valence-electron chi connectivity index (χ4n) is 2.83. The van der Waals surface area contributed by atoms with Crippen molar-refractivity contribution < 1.29 is 14.3 Å². The highest BCUT2D eigenvalue weighted by Crippen LogP contribution is 2.19. The van der Waals surface area contributed by atoms with Gasteiger partial charge < -0.3 is 9.52 Å². The minimum absolute atomic E-state index is 0.322. The monoisotopic (exact) mass is 308 g/mol. The van der Waals surface area contributed by atoms with Crippen molar-refractivity contribution in [3.05, 3.63) is 23.2 Å². The third-order valence-corrected chi connectivity index (χ3v) is 4.11. The summed E-state index contributed by atoms with van der Waals surface area (Å²) in [5, 5.41) is 8.55. The topological polar surface area (TPSA) is 50.4 Å². The molecule has 1 aromatic rings. The zero-order valence-electron chi connectivity index (χ0n) is 14.3. The Morgan fingerprint density at radius 3 is 2.18 bits per heavy atom. The summed E-state index contributed by atoms with van der Waals surface area (Å²) in [6, 6.07) is 2.19. The second-order valence-electron chi connectivity index (χ2n) is 6.29. The second kappa shape index (κ2) is 11.3. The molecule has 0 radical (unpaired) electrons. The van der Waals surface area contributed by atoms with Gasteiger partial charge in [0.1, 0.15) is 11.5 Å². The zero-order chi connectivity index (χ0) is 16.2. The average molecular weight is 308 g/mol. The lowest BCUT2D eigenvalue weighted by Gasteiger charge is -2.02. The highest BCUT2D eigenvalue weighted by molar-refractivity contribution is 5.66. The Hall–Kier alpha value is -1.25. The maximum atomic E-state index is 10.4. The maximum Gasteiger partial charge on any atom is 0.303 e. The van der Waals surface area contributed by atoms with Gasteiger partial charge in [0.25, 0.3) is 0 Å². The van der Waals surface area contributed by atoms with E-state index < -0.39 is 5.97 Å². The molecule has 3 heteroatoms. The van der Waals surface area contributed by atoms with E-state index in [9.17, 15) is 4.79 Å². The highest BCUT2D eigenvalue weighted by atomic mass is 16.4. The van der Waals surface area contributed by atoms with E-state index in [0.29, 0.717) is 6.42 Å². The van der Waals surface area contributed by atoms with E-state index in [4.69, 9.17) is 9.52 Å². The number of unbranched alkanes of at least 4 members (excludes halogenated alkanes) is 7. The quantitative estimate of drug-likeness (QED) is 0.477. The molecular weight excluding hydrogens is 276 g/mol. The van der Waals surface area contributed by atoms with Gasteiger partial charge in [-0.1, -0.05) is 45.4 Å². The van der Waals surface area contributed by atoms with Crippen LogP contribution < -0.4 is 0 Å². The van der Waals surface area contributed by atoms with Crippen LogP contribution in [0.4, 0.5) is 0 Å². The number of hydrogen-bond donors (Lipinski definition) is 1. The van der Waals surface area contributed by atoms with E-state index in [2.05, 4.69) is 19.9 Å². The van der Waals surface area contributed by atoms with Crippen LogP contribution in [0.2, 0.25) is 0 Å². The van der Waals surface area contributed by atoms with E-state index in [1.807, 2.05) is 0 Å². The molecule has 22 heavy (non-hydrogen) atoms. The number of carbonyl (C=O) groups is 1. The molecule has 0 unspecified atom stereocenters. The molecule has 0 fully saturated rings. The van der Waals surface area contributed by atoms with Gasteiger partial charge >= 0.3 is 5.97 Å². The van der Waals surface area contributed by atoms with Gasteiger partial charge in [-0.15, -0.1) is 0 Å². The van der Waals surface area contributed by atoms with Crippen molar-refractivity contribution >= 4 is 5.97 Å². The fraction of sp³-hybridized carbons (Fsp3) is 0.737. The summed E-state index contributed by atoms with van der Waals surface area (Å²) in [5.41, 5.74) is 1.31. The third kappa shape index (κ3) is 8.26. The fourth-order valence-corrected chi connectivity index (χ4v) is 2.83. The number of furan rings is 1. The summed E-state index contributed by atoms with van der Waals surface area (Å²) >= 11 is 0. The van der Waals surface area contributed by atoms with Crippen LogP contribution in [0, 0.1) is 6.92 Å². The lowest BCUT2D eigenvalue weighted by Crippen LogP contribution is -1.93. The predicted molar refractivity (Wildman–Crippen MR) is 90.3 cm³/mol. The van der Waals surface area contributed by atoms with E-state index in [1.54, 1.807) is 0 Å². The lowest BCUT2D eigenvalue weighted by molar-refractivity contribution is -0.137. The van der Waals surface area contributed by atoms with Gasteiger partial charge in [-0.25, -0.2) is 0 Å². The van der Waals surface area contributed by atoms with Crippen LogP contribution in [-0.4, -0.2) is 11.1 Å². The van der Waals surface area contributed by atoms with Crippen molar-refractivity contribution in [2.24, 2.45) is 0 Å². The van der Waals surface area contributed by atoms with Crippen molar-refractivity contribution in [1.82, 2.24) is 0 Å². The summed E-state index contributed by atoms with van der Waals surface area (Å²) in [6.07, 6.45) is 12.9. The number of carboxylic acids is 1. The van der Waals surface area contributed by atoms with E-state index in [-0.39, 0.29) is 0 Å². The van der Waals surface area contributed by atoms with E-state index in [1.165, 1.54) is 49.8 Å². The van der Waals surface area contributed by atoms with Crippen LogP contribution in [0.15, 0.2) is 10.5 Å². The van der Waals surface area contributed by atoms with Gasteiger partial charge in [0.05, 0.1) is 0 Å². The summed E-state index contributed by atoms with van der Waals surface area (Å²) in [7, 11) is 0. The highest BCUT2D eigenvalue weighted by Gasteiger charge is 2.06. The first kappa shape index (κ1) is 18.8. The van der Waals surface area contributed by atoms with Crippen LogP contribution >= 0.6 is 0 Å². The molecule has 1 rings (SSSR count). The van der Waals surface area contributed by atoms with Crippen molar-refractivity contribution in [1.29, 1.82) is 0 Å². The largest absolute Gasteiger partial charge is 0.481 e. The van der Waals surface area contributed by atoms with Gasteiger partial charge in [0.15, 0.2) is 0 Å². The van der Waals surface area contributed by atoms with Gasteiger partial charge in [0.2, 0.25) is 0 Å². The molecule has 0 saturated carbocycles. The Kier molecular flexibility index (Phi) is 9.69. The van der Waals surface area contributed by atoms with Crippen molar-refractivity contribution in [3.63, 3.8) is 0 Å². The zero-order valence-corrected chi connectivity index (χ0v) is 14.3. The smallest absolute Gasteiger partial charge is 0.303 e. The number of hydrogen-bond acceptors (Lipinski definition) is 2.